The third-order valence-electron chi connectivity index (χ3n) is 18.1. The molecule has 6 aromatic carbocycles. The molecule has 12 heteroatoms. The monoisotopic (exact) mass is 1640 g/mol. The molecule has 12 heterocycles. The van der Waals surface area contributed by atoms with Crippen LogP contribution in [0.15, 0.2) is 286 Å². The van der Waals surface area contributed by atoms with Crippen molar-refractivity contribution in [1.82, 2.24) is 19.9 Å². The maximum absolute atomic E-state index is 6.16. The number of hydrogen-bond donors (Lipinski definition) is 0. The van der Waals surface area contributed by atoms with E-state index in [-0.39, 0.29) is 0 Å². The molecule has 122 heavy (non-hydrogen) atoms. The lowest BCUT2D eigenvalue weighted by Crippen LogP contribution is -2.31. The van der Waals surface area contributed by atoms with Crippen LogP contribution < -0.4 is 18.3 Å². The number of nitrogens with zero attached hydrogens (tertiary/aromatic N) is 8. The second kappa shape index (κ2) is 57.8. The van der Waals surface area contributed by atoms with Gasteiger partial charge in [-0.15, -0.1) is 0 Å². The van der Waals surface area contributed by atoms with Crippen LogP contribution in [0.1, 0.15) is 202 Å². The third kappa shape index (κ3) is 25.4. The predicted molar refractivity (Wildman–Crippen MR) is 530 cm³/mol. The molecule has 0 radical (unpaired) electrons. The Hall–Kier alpha value is -12.3. The van der Waals surface area contributed by atoms with E-state index in [4.69, 9.17) is 17.7 Å². The molecule has 0 aliphatic rings. The lowest BCUT2D eigenvalue weighted by atomic mass is 9.99. The van der Waals surface area contributed by atoms with Crippen LogP contribution in [0.2, 0.25) is 0 Å². The van der Waals surface area contributed by atoms with E-state index in [2.05, 4.69) is 271 Å². The smallest absolute Gasteiger partial charge is 0.227 e. The van der Waals surface area contributed by atoms with Crippen molar-refractivity contribution in [3.8, 4) is 67.4 Å². The van der Waals surface area contributed by atoms with Crippen LogP contribution in [-0.2, 0) is 28.2 Å². The number of aryl methyl sites for hydroxylation is 8. The molecule has 0 spiro atoms. The summed E-state index contributed by atoms with van der Waals surface area (Å²) in [7, 11) is 8.26. The van der Waals surface area contributed by atoms with E-state index in [9.17, 15) is 0 Å². The van der Waals surface area contributed by atoms with Crippen LogP contribution in [-0.4, -0.2) is 19.9 Å². The van der Waals surface area contributed by atoms with Crippen molar-refractivity contribution in [2.24, 2.45) is 28.2 Å². The van der Waals surface area contributed by atoms with Crippen molar-refractivity contribution >= 4 is 88.1 Å². The Morgan fingerprint density at radius 2 is 0.508 bits per heavy atom. The quantitative estimate of drug-likeness (QED) is 0.151. The second-order valence-corrected chi connectivity index (χ2v) is 24.3. The summed E-state index contributed by atoms with van der Waals surface area (Å²) < 4.78 is 33.1. The number of pyridine rings is 8. The maximum atomic E-state index is 6.16. The summed E-state index contributed by atoms with van der Waals surface area (Å²) in [5, 5.41) is 8.81. The van der Waals surface area contributed by atoms with Gasteiger partial charge in [-0.2, -0.15) is 0 Å². The zero-order chi connectivity index (χ0) is 91.6. The molecule has 0 saturated heterocycles. The fourth-order valence-corrected chi connectivity index (χ4v) is 13.3. The molecule has 0 unspecified atom stereocenters. The molecule has 12 aromatic heterocycles. The first-order valence-corrected chi connectivity index (χ1v) is 45.0. The van der Waals surface area contributed by atoms with Gasteiger partial charge in [-0.1, -0.05) is 283 Å². The van der Waals surface area contributed by atoms with Crippen LogP contribution in [0.3, 0.4) is 0 Å². The normalized spacial score (nSPS) is 9.56. The van der Waals surface area contributed by atoms with Crippen molar-refractivity contribution in [1.29, 1.82) is 0 Å². The van der Waals surface area contributed by atoms with Crippen LogP contribution in [0, 0.1) is 27.7 Å². The highest BCUT2D eigenvalue weighted by atomic mass is 16.3. The predicted octanol–water partition coefficient (Wildman–Crippen LogP) is 31.8. The molecule has 0 fully saturated rings. The summed E-state index contributed by atoms with van der Waals surface area (Å²) in [5.41, 5.74) is 24.9. The van der Waals surface area contributed by atoms with Crippen LogP contribution in [0.25, 0.3) is 156 Å². The van der Waals surface area contributed by atoms with Gasteiger partial charge in [-0.05, 0) is 134 Å². The number of aromatic nitrogens is 8. The van der Waals surface area contributed by atoms with Gasteiger partial charge in [-0.25, -0.2) is 33.2 Å². The molecular formula is C110H146N8O4+4. The van der Waals surface area contributed by atoms with Crippen molar-refractivity contribution in [3.63, 3.8) is 0 Å². The summed E-state index contributed by atoms with van der Waals surface area (Å²) in [6.45, 7) is 60.5. The van der Waals surface area contributed by atoms with E-state index < -0.39 is 0 Å². The van der Waals surface area contributed by atoms with E-state index in [1.807, 2.05) is 253 Å². The van der Waals surface area contributed by atoms with Gasteiger partial charge in [0.1, 0.15) is 39.4 Å². The summed E-state index contributed by atoms with van der Waals surface area (Å²) in [6.07, 6.45) is 15.5. The summed E-state index contributed by atoms with van der Waals surface area (Å²) >= 11 is 0. The molecule has 0 atom stereocenters. The molecule has 0 aliphatic carbocycles. The first kappa shape index (κ1) is 106. The molecule has 0 saturated carbocycles. The summed E-state index contributed by atoms with van der Waals surface area (Å²) in [4.78, 5) is 17.5. The average Bonchev–Trinajstić information content (AvgIpc) is 1.69. The minimum Gasteiger partial charge on any atom is -0.455 e. The largest absolute Gasteiger partial charge is 0.455 e. The number of fused-ring (bicyclic) bond motifs is 12. The molecule has 18 aromatic rings. The minimum absolute atomic E-state index is 0.673. The standard InChI is InChI=1S/C24H19N2O.C23H18N3O.C19H16NO.C18H15N2O.13C2H6/c1-16-10-12-19-20-9-6-14-25-24(20)27-23(19)22(16)21-13-11-18(15-26(21)2)17-7-4-3-5-8-17;1-15-8-10-17-18-6-5-13-25-23(18)27-22(17)21(15)20-11-9-16(14-26(20)2)19-7-3-4-12-24-19;1-13-10-11-15-14-7-3-4-9-17(14)21-19(15)18(13)16-8-5-6-12-20(16)2;1-12-8-9-13-14-6-5-10-19-18(14)21-17(13)16(12)15-7-3-4-11-20(15)2;13*1-2/h3-15H,1-2H3;3-14H,1-2H3;3-12H,1-2H3;3-11H,1-2H3;13*1-2H3/q4*+1;;;;;;;;;;;;;. The van der Waals surface area contributed by atoms with Gasteiger partial charge in [0, 0.05) is 110 Å². The summed E-state index contributed by atoms with van der Waals surface area (Å²) in [6, 6.07) is 74.7. The molecule has 18 rings (SSSR count). The Bertz CT molecular complexity index is 5610. The van der Waals surface area contributed by atoms with Crippen LogP contribution in [0.4, 0.5) is 0 Å². The van der Waals surface area contributed by atoms with E-state index in [0.29, 0.717) is 17.1 Å². The average molecular weight is 1640 g/mol. The van der Waals surface area contributed by atoms with Gasteiger partial charge in [0.15, 0.2) is 41.5 Å². The topological polar surface area (TPSA) is 120 Å². The lowest BCUT2D eigenvalue weighted by molar-refractivity contribution is -0.660. The fourth-order valence-electron chi connectivity index (χ4n) is 13.3. The molecule has 646 valence electrons. The number of furan rings is 4. The number of benzene rings is 6. The Morgan fingerprint density at radius 1 is 0.213 bits per heavy atom. The first-order chi connectivity index (χ1) is 59.9. The zero-order valence-corrected chi connectivity index (χ0v) is 80.6. The lowest BCUT2D eigenvalue weighted by Gasteiger charge is -2.07. The number of hydrogen-bond acceptors (Lipinski definition) is 8. The molecule has 0 bridgehead atoms. The molecule has 0 N–H and O–H groups in total. The number of rotatable bonds is 6. The van der Waals surface area contributed by atoms with Crippen LogP contribution >= 0.6 is 0 Å². The van der Waals surface area contributed by atoms with E-state index >= 15 is 0 Å². The second-order valence-electron chi connectivity index (χ2n) is 24.3. The van der Waals surface area contributed by atoms with Crippen molar-refractivity contribution < 1.29 is 35.9 Å². The van der Waals surface area contributed by atoms with E-state index in [0.717, 1.165) is 105 Å². The SMILES string of the molecule is CC.CC.CC.CC.CC.CC.CC.CC.CC.CC.CC.CC.CC.Cc1ccc2c(oc3ccccc32)c1-c1cccc[n+]1C.Cc1ccc2c(oc3ncccc32)c1-c1ccc(-c2ccccc2)c[n+]1C.Cc1ccc2c(oc3ncccc32)c1-c1ccc(-c2ccccn2)c[n+]1C.Cc1ccc2c(oc3ncccc32)c1-c1cccc[n+]1C. The van der Waals surface area contributed by atoms with E-state index in [1.54, 1.807) is 18.6 Å². The van der Waals surface area contributed by atoms with Gasteiger partial charge in [0.25, 0.3) is 0 Å². The van der Waals surface area contributed by atoms with Crippen molar-refractivity contribution in [3.05, 3.63) is 290 Å². The minimum atomic E-state index is 0.673. The Morgan fingerprint density at radius 3 is 0.861 bits per heavy atom. The Labute approximate surface area is 733 Å². The molecule has 12 nitrogen and oxygen atoms in total. The molecular weight excluding hydrogens is 1500 g/mol. The first-order valence-electron chi connectivity index (χ1n) is 45.0. The Kier molecular flexibility index (Phi) is 50.1. The van der Waals surface area contributed by atoms with Crippen molar-refractivity contribution in [2.75, 3.05) is 0 Å². The van der Waals surface area contributed by atoms with E-state index in [1.165, 1.54) is 55.4 Å². The highest BCUT2D eigenvalue weighted by molar-refractivity contribution is 6.12. The Balaban J connectivity index is 0.000000507. The number of para-hydroxylation sites is 1. The van der Waals surface area contributed by atoms with Gasteiger partial charge >= 0.3 is 0 Å². The maximum Gasteiger partial charge on any atom is 0.227 e. The van der Waals surface area contributed by atoms with Gasteiger partial charge < -0.3 is 17.7 Å². The molecule has 0 amide bonds. The van der Waals surface area contributed by atoms with Gasteiger partial charge in [-0.3, -0.25) is 4.98 Å². The van der Waals surface area contributed by atoms with Crippen molar-refractivity contribution in [2.45, 2.75) is 208 Å². The highest BCUT2D eigenvalue weighted by Crippen LogP contribution is 2.41. The third-order valence-corrected chi connectivity index (χ3v) is 18.1. The molecule has 0 aliphatic heterocycles. The fraction of sp³-hybridized carbons (Fsp3) is 0.309. The zero-order valence-electron chi connectivity index (χ0n) is 80.6. The van der Waals surface area contributed by atoms with Gasteiger partial charge in [0.05, 0.1) is 33.5 Å². The van der Waals surface area contributed by atoms with Crippen LogP contribution in [0.5, 0.6) is 0 Å². The van der Waals surface area contributed by atoms with Gasteiger partial charge in [0.2, 0.25) is 39.9 Å². The highest BCUT2D eigenvalue weighted by Gasteiger charge is 2.26. The summed E-state index contributed by atoms with van der Waals surface area (Å²) in [5.74, 6) is 0.